The fraction of sp³-hybridized carbons (Fsp3) is 0.645. The van der Waals surface area contributed by atoms with Gasteiger partial charge in [-0.2, -0.15) is 0 Å². The standard InChI is InChI=1S/C31H37N3O5S/c1-4-5-26-38-25-11-21-19-7-6-17-10-18(35)8-9-29(17,2)27(19)23(36)12-30(21,3)31(25,39-26)24(37)15-40-28-20-13-32-14-22(20)33-16-34-28/h8-10,13,16,19,21,23,25-27,36H,4-7,11-12,14-15H2,1-3H3/t19?,21?,23?,25-,26-,27?,29?,30?,31-/m1/s1. The quantitative estimate of drug-likeness (QED) is 0.404. The van der Waals surface area contributed by atoms with E-state index in [-0.39, 0.29) is 46.6 Å². The van der Waals surface area contributed by atoms with Crippen LogP contribution in [0, 0.1) is 28.6 Å². The Labute approximate surface area is 239 Å². The lowest BCUT2D eigenvalue weighted by molar-refractivity contribution is -0.197. The number of rotatable bonds is 6. The first-order valence-corrected chi connectivity index (χ1v) is 15.6. The van der Waals surface area contributed by atoms with Crippen molar-refractivity contribution in [3.8, 4) is 0 Å². The molecule has 40 heavy (non-hydrogen) atoms. The van der Waals surface area contributed by atoms with E-state index in [0.29, 0.717) is 13.0 Å². The number of aliphatic hydroxyl groups is 1. The number of aromatic nitrogens is 2. The summed E-state index contributed by atoms with van der Waals surface area (Å²) < 4.78 is 13.3. The molecule has 7 rings (SSSR count). The Morgan fingerprint density at radius 3 is 2.95 bits per heavy atom. The second-order valence-electron chi connectivity index (χ2n) is 12.9. The van der Waals surface area contributed by atoms with E-state index in [1.54, 1.807) is 18.4 Å². The van der Waals surface area contributed by atoms with Crippen LogP contribution >= 0.6 is 11.8 Å². The number of allylic oxidation sites excluding steroid dienone is 4. The molecule has 4 aliphatic carbocycles. The lowest BCUT2D eigenvalue weighted by Crippen LogP contribution is -2.63. The maximum atomic E-state index is 14.5. The van der Waals surface area contributed by atoms with Crippen LogP contribution in [0.5, 0.6) is 0 Å². The smallest absolute Gasteiger partial charge is 0.178 e. The highest BCUT2D eigenvalue weighted by atomic mass is 32.2. The Balaban J connectivity index is 1.23. The Hall–Kier alpha value is -2.20. The van der Waals surface area contributed by atoms with Gasteiger partial charge in [0.15, 0.2) is 23.5 Å². The number of thioether (sulfide) groups is 1. The first-order valence-electron chi connectivity index (χ1n) is 14.7. The van der Waals surface area contributed by atoms with Crippen molar-refractivity contribution in [1.82, 2.24) is 9.97 Å². The molecule has 6 unspecified atom stereocenters. The van der Waals surface area contributed by atoms with Gasteiger partial charge in [0, 0.05) is 28.5 Å². The molecule has 3 heterocycles. The zero-order chi connectivity index (χ0) is 27.9. The van der Waals surface area contributed by atoms with Crippen LogP contribution in [0.1, 0.15) is 70.6 Å². The largest absolute Gasteiger partial charge is 0.393 e. The van der Waals surface area contributed by atoms with Crippen molar-refractivity contribution in [2.24, 2.45) is 33.6 Å². The fourth-order valence-corrected chi connectivity index (χ4v) is 10.2. The highest BCUT2D eigenvalue weighted by molar-refractivity contribution is 8.00. The van der Waals surface area contributed by atoms with Gasteiger partial charge in [-0.15, -0.1) is 0 Å². The minimum absolute atomic E-state index is 0.00962. The molecule has 0 amide bonds. The number of ether oxygens (including phenoxy) is 2. The Morgan fingerprint density at radius 1 is 1.27 bits per heavy atom. The van der Waals surface area contributed by atoms with Crippen LogP contribution in [0.25, 0.3) is 0 Å². The molecule has 1 aromatic rings. The number of nitrogens with zero attached hydrogens (tertiary/aromatic N) is 3. The van der Waals surface area contributed by atoms with Crippen molar-refractivity contribution in [3.05, 3.63) is 41.4 Å². The van der Waals surface area contributed by atoms with Gasteiger partial charge >= 0.3 is 0 Å². The maximum absolute atomic E-state index is 14.5. The summed E-state index contributed by atoms with van der Waals surface area (Å²) in [6, 6.07) is 0. The van der Waals surface area contributed by atoms with Crippen LogP contribution in [0.3, 0.4) is 0 Å². The molecule has 1 saturated heterocycles. The van der Waals surface area contributed by atoms with Gasteiger partial charge in [0.25, 0.3) is 0 Å². The lowest BCUT2D eigenvalue weighted by Gasteiger charge is -2.59. The van der Waals surface area contributed by atoms with Gasteiger partial charge in [0.2, 0.25) is 0 Å². The second kappa shape index (κ2) is 9.41. The molecule has 1 aromatic heterocycles. The monoisotopic (exact) mass is 563 g/mol. The summed E-state index contributed by atoms with van der Waals surface area (Å²) in [6.07, 6.45) is 12.0. The minimum Gasteiger partial charge on any atom is -0.393 e. The highest BCUT2D eigenvalue weighted by Gasteiger charge is 2.75. The molecule has 4 fully saturated rings. The van der Waals surface area contributed by atoms with Gasteiger partial charge in [-0.3, -0.25) is 14.6 Å². The third-order valence-corrected chi connectivity index (χ3v) is 12.0. The summed E-state index contributed by atoms with van der Waals surface area (Å²) in [7, 11) is 0. The second-order valence-corrected chi connectivity index (χ2v) is 13.8. The van der Waals surface area contributed by atoms with Crippen molar-refractivity contribution in [1.29, 1.82) is 0 Å². The number of carbonyl (C=O) groups excluding carboxylic acids is 2. The number of carbonyl (C=O) groups is 2. The number of aliphatic hydroxyl groups excluding tert-OH is 1. The highest BCUT2D eigenvalue weighted by Crippen LogP contribution is 2.69. The van der Waals surface area contributed by atoms with Crippen LogP contribution in [0.2, 0.25) is 0 Å². The van der Waals surface area contributed by atoms with E-state index < -0.39 is 23.4 Å². The minimum atomic E-state index is -1.11. The van der Waals surface area contributed by atoms with E-state index in [2.05, 4.69) is 35.7 Å². The zero-order valence-corrected chi connectivity index (χ0v) is 24.2. The molecule has 212 valence electrons. The third-order valence-electron chi connectivity index (χ3n) is 11.0. The molecule has 0 spiro atoms. The normalized spacial score (nSPS) is 42.6. The van der Waals surface area contributed by atoms with Crippen molar-refractivity contribution in [3.63, 3.8) is 0 Å². The molecular weight excluding hydrogens is 526 g/mol. The molecule has 2 aliphatic heterocycles. The predicted octanol–water partition coefficient (Wildman–Crippen LogP) is 4.24. The summed E-state index contributed by atoms with van der Waals surface area (Å²) in [5, 5.41) is 12.7. The summed E-state index contributed by atoms with van der Waals surface area (Å²) in [5.41, 5.74) is 0.864. The number of Topliss-reactive ketones (excluding diaryl/α,β-unsaturated/α-hetero) is 1. The van der Waals surface area contributed by atoms with Gasteiger partial charge in [0.1, 0.15) is 11.4 Å². The van der Waals surface area contributed by atoms with Crippen molar-refractivity contribution in [2.45, 2.75) is 95.0 Å². The lowest BCUT2D eigenvalue weighted by atomic mass is 9.46. The Kier molecular flexibility index (Phi) is 6.28. The van der Waals surface area contributed by atoms with Crippen molar-refractivity contribution < 1.29 is 24.2 Å². The summed E-state index contributed by atoms with van der Waals surface area (Å²) >= 11 is 1.42. The molecule has 0 bridgehead atoms. The van der Waals surface area contributed by atoms with Gasteiger partial charge in [-0.1, -0.05) is 50.6 Å². The molecule has 6 aliphatic rings. The van der Waals surface area contributed by atoms with Crippen LogP contribution in [0.15, 0.2) is 40.1 Å². The number of fused-ring (bicyclic) bond motifs is 8. The van der Waals surface area contributed by atoms with E-state index in [1.165, 1.54) is 18.1 Å². The Morgan fingerprint density at radius 2 is 2.12 bits per heavy atom. The van der Waals surface area contributed by atoms with E-state index in [1.807, 2.05) is 6.08 Å². The summed E-state index contributed by atoms with van der Waals surface area (Å²) in [5.74, 6) is 0.618. The fourth-order valence-electron chi connectivity index (χ4n) is 9.25. The van der Waals surface area contributed by atoms with E-state index >= 15 is 0 Å². The first kappa shape index (κ1) is 26.7. The first-order chi connectivity index (χ1) is 19.2. The zero-order valence-electron chi connectivity index (χ0n) is 23.3. The van der Waals surface area contributed by atoms with Crippen LogP contribution in [0.4, 0.5) is 0 Å². The van der Waals surface area contributed by atoms with E-state index in [0.717, 1.165) is 54.0 Å². The third kappa shape index (κ3) is 3.60. The van der Waals surface area contributed by atoms with Crippen LogP contribution < -0.4 is 0 Å². The predicted molar refractivity (Wildman–Crippen MR) is 150 cm³/mol. The molecule has 1 N–H and O–H groups in total. The van der Waals surface area contributed by atoms with Crippen LogP contribution in [-0.4, -0.2) is 62.7 Å². The maximum Gasteiger partial charge on any atom is 0.178 e. The van der Waals surface area contributed by atoms with Crippen LogP contribution in [-0.2, 0) is 25.6 Å². The average molecular weight is 564 g/mol. The number of aliphatic imine (C=N–C) groups is 1. The van der Waals surface area contributed by atoms with Gasteiger partial charge < -0.3 is 14.6 Å². The van der Waals surface area contributed by atoms with E-state index in [9.17, 15) is 14.7 Å². The van der Waals surface area contributed by atoms with Crippen molar-refractivity contribution in [2.75, 3.05) is 5.75 Å². The number of hydrogen-bond donors (Lipinski definition) is 1. The molecule has 3 saturated carbocycles. The summed E-state index contributed by atoms with van der Waals surface area (Å²) in [6.45, 7) is 6.98. The number of ketones is 2. The van der Waals surface area contributed by atoms with Crippen molar-refractivity contribution >= 4 is 29.5 Å². The molecule has 9 heteroatoms. The molecule has 0 radical (unpaired) electrons. The average Bonchev–Trinajstić information content (AvgIpc) is 3.60. The molecule has 9 atom stereocenters. The molecular formula is C31H37N3O5S. The number of hydrogen-bond acceptors (Lipinski definition) is 9. The Bertz CT molecular complexity index is 1360. The SMILES string of the molecule is CCC[C@@H]1O[C@@H]2CC3C4CCC5=CC(=O)C=CC5(C)C4C(O)CC3(C)[C@]2(C(=O)CSc2ncnc3c2C=NC3)O1. The van der Waals surface area contributed by atoms with Gasteiger partial charge in [-0.25, -0.2) is 9.97 Å². The molecule has 0 aromatic carbocycles. The molecule has 8 nitrogen and oxygen atoms in total. The van der Waals surface area contributed by atoms with Gasteiger partial charge in [0.05, 0.1) is 30.2 Å². The van der Waals surface area contributed by atoms with E-state index in [4.69, 9.17) is 9.47 Å². The summed E-state index contributed by atoms with van der Waals surface area (Å²) in [4.78, 5) is 39.8. The topological polar surface area (TPSA) is 111 Å². The van der Waals surface area contributed by atoms with Gasteiger partial charge in [-0.05, 0) is 56.1 Å².